The highest BCUT2D eigenvalue weighted by atomic mass is 35.5. The van der Waals surface area contributed by atoms with Crippen LogP contribution in [0.25, 0.3) is 0 Å². The van der Waals surface area contributed by atoms with E-state index in [0.717, 1.165) is 18.4 Å². The van der Waals surface area contributed by atoms with Crippen molar-refractivity contribution in [2.45, 2.75) is 45.3 Å². The van der Waals surface area contributed by atoms with Gasteiger partial charge in [-0.3, -0.25) is 14.5 Å². The van der Waals surface area contributed by atoms with Crippen LogP contribution < -0.4 is 10.1 Å². The molecule has 176 valence electrons. The van der Waals surface area contributed by atoms with E-state index in [4.69, 9.17) is 16.3 Å². The summed E-state index contributed by atoms with van der Waals surface area (Å²) in [6.45, 7) is 5.98. The van der Waals surface area contributed by atoms with Crippen molar-refractivity contribution in [1.29, 1.82) is 0 Å². The molecule has 2 aliphatic rings. The Morgan fingerprint density at radius 1 is 1.09 bits per heavy atom. The number of halogens is 2. The molecule has 0 bridgehead atoms. The number of anilines is 1. The number of carbonyl (C=O) groups is 2. The monoisotopic (exact) mass is 473 g/mol. The van der Waals surface area contributed by atoms with Crippen LogP contribution in [0.2, 0.25) is 5.02 Å². The largest absolute Gasteiger partial charge is 0.482 e. The Bertz CT molecular complexity index is 1010. The highest BCUT2D eigenvalue weighted by Crippen LogP contribution is 2.33. The molecule has 0 aromatic heterocycles. The summed E-state index contributed by atoms with van der Waals surface area (Å²) >= 11 is 6.09. The second-order valence-electron chi connectivity index (χ2n) is 8.99. The minimum absolute atomic E-state index is 0.0111. The lowest BCUT2D eigenvalue weighted by atomic mass is 10.1. The predicted octanol–water partition coefficient (Wildman–Crippen LogP) is 4.33. The van der Waals surface area contributed by atoms with E-state index in [1.807, 2.05) is 11.8 Å². The Labute approximate surface area is 198 Å². The Kier molecular flexibility index (Phi) is 7.20. The maximum absolute atomic E-state index is 13.2. The lowest BCUT2D eigenvalue weighted by molar-refractivity contribution is -0.139. The van der Waals surface area contributed by atoms with E-state index >= 15 is 0 Å². The van der Waals surface area contributed by atoms with Crippen molar-refractivity contribution in [3.05, 3.63) is 58.9 Å². The molecule has 4 rings (SSSR count). The number of amides is 2. The lowest BCUT2D eigenvalue weighted by Crippen LogP contribution is -2.58. The third kappa shape index (κ3) is 6.03. The first-order valence-corrected chi connectivity index (χ1v) is 11.7. The van der Waals surface area contributed by atoms with Crippen molar-refractivity contribution in [3.8, 4) is 5.75 Å². The Morgan fingerprint density at radius 3 is 2.52 bits per heavy atom. The van der Waals surface area contributed by atoms with Crippen LogP contribution in [0.5, 0.6) is 5.75 Å². The molecular weight excluding hydrogens is 445 g/mol. The van der Waals surface area contributed by atoms with Crippen LogP contribution in [0, 0.1) is 11.7 Å². The highest BCUT2D eigenvalue weighted by Gasteiger charge is 2.33. The fraction of sp³-hybridized carbons (Fsp3) is 0.440. The number of nitrogens with one attached hydrogen (secondary N) is 1. The molecule has 2 fully saturated rings. The summed E-state index contributed by atoms with van der Waals surface area (Å²) in [6, 6.07) is 11.7. The van der Waals surface area contributed by atoms with Gasteiger partial charge in [-0.25, -0.2) is 4.39 Å². The highest BCUT2D eigenvalue weighted by molar-refractivity contribution is 6.31. The van der Waals surface area contributed by atoms with Crippen molar-refractivity contribution < 1.29 is 18.7 Å². The molecule has 1 aliphatic carbocycles. The molecule has 1 aliphatic heterocycles. The predicted molar refractivity (Wildman–Crippen MR) is 126 cm³/mol. The maximum Gasteiger partial charge on any atom is 0.260 e. The Morgan fingerprint density at radius 2 is 1.82 bits per heavy atom. The van der Waals surface area contributed by atoms with Gasteiger partial charge in [0.05, 0.1) is 5.69 Å². The number of ether oxygens (including phenoxy) is 1. The van der Waals surface area contributed by atoms with Crippen molar-refractivity contribution in [1.82, 2.24) is 9.80 Å². The van der Waals surface area contributed by atoms with Gasteiger partial charge < -0.3 is 15.0 Å². The first kappa shape index (κ1) is 23.5. The van der Waals surface area contributed by atoms with E-state index in [2.05, 4.69) is 17.1 Å². The van der Waals surface area contributed by atoms with Crippen LogP contribution in [-0.2, 0) is 16.1 Å². The number of piperazine rings is 1. The third-order valence-electron chi connectivity index (χ3n) is 6.23. The van der Waals surface area contributed by atoms with E-state index in [1.54, 1.807) is 30.3 Å². The molecule has 33 heavy (non-hydrogen) atoms. The van der Waals surface area contributed by atoms with Gasteiger partial charge in [0.1, 0.15) is 11.6 Å². The molecule has 6 nitrogen and oxygen atoms in total. The van der Waals surface area contributed by atoms with E-state index in [9.17, 15) is 14.0 Å². The molecule has 2 atom stereocenters. The zero-order valence-corrected chi connectivity index (χ0v) is 19.6. The Hall–Kier alpha value is -2.64. The molecule has 2 aromatic rings. The van der Waals surface area contributed by atoms with Crippen LogP contribution in [0.15, 0.2) is 42.5 Å². The molecule has 0 spiro atoms. The quantitative estimate of drug-likeness (QED) is 0.650. The number of hydrogen-bond acceptors (Lipinski definition) is 4. The van der Waals surface area contributed by atoms with Gasteiger partial charge in [-0.15, -0.1) is 0 Å². The lowest BCUT2D eigenvalue weighted by Gasteiger charge is -2.44. The summed E-state index contributed by atoms with van der Waals surface area (Å²) in [4.78, 5) is 29.3. The molecule has 1 saturated heterocycles. The van der Waals surface area contributed by atoms with E-state index in [-0.39, 0.29) is 42.2 Å². The average molecular weight is 474 g/mol. The van der Waals surface area contributed by atoms with Crippen LogP contribution >= 0.6 is 11.6 Å². The summed E-state index contributed by atoms with van der Waals surface area (Å²) in [5.41, 5.74) is 1.53. The van der Waals surface area contributed by atoms with Gasteiger partial charge in [-0.05, 0) is 62.6 Å². The second kappa shape index (κ2) is 10.1. The van der Waals surface area contributed by atoms with Gasteiger partial charge in [0.15, 0.2) is 6.61 Å². The van der Waals surface area contributed by atoms with Crippen molar-refractivity contribution >= 4 is 29.1 Å². The van der Waals surface area contributed by atoms with E-state index in [0.29, 0.717) is 36.1 Å². The van der Waals surface area contributed by atoms with Gasteiger partial charge in [0.25, 0.3) is 5.91 Å². The number of rotatable bonds is 7. The van der Waals surface area contributed by atoms with Gasteiger partial charge in [0.2, 0.25) is 5.91 Å². The summed E-state index contributed by atoms with van der Waals surface area (Å²) in [5.74, 6) is 0.0781. The molecule has 0 unspecified atom stereocenters. The molecule has 1 N–H and O–H groups in total. The summed E-state index contributed by atoms with van der Waals surface area (Å²) in [6.07, 6.45) is 1.79. The molecule has 2 aromatic carbocycles. The third-order valence-corrected chi connectivity index (χ3v) is 6.47. The van der Waals surface area contributed by atoms with E-state index < -0.39 is 0 Å². The second-order valence-corrected chi connectivity index (χ2v) is 9.43. The molecule has 0 radical (unpaired) electrons. The number of hydrogen-bond donors (Lipinski definition) is 1. The van der Waals surface area contributed by atoms with Gasteiger partial charge in [-0.2, -0.15) is 0 Å². The molecule has 1 heterocycles. The summed E-state index contributed by atoms with van der Waals surface area (Å²) < 4.78 is 19.0. The SMILES string of the molecule is C[C@@H]1CN(Cc2ccc(F)cc2)[C@@H](C)CN1C(=O)COc1ccc(Cl)cc1NC(=O)C1CC1. The standard InChI is InChI=1S/C25H29ClFN3O3/c1-16-13-30(17(2)12-29(16)14-18-3-8-21(27)9-4-18)24(31)15-33-23-10-7-20(26)11-22(23)28-25(32)19-5-6-19/h3-4,7-11,16-17,19H,5-6,12-15H2,1-2H3,(H,28,32)/t16-,17+/m0/s1. The topological polar surface area (TPSA) is 61.9 Å². The zero-order chi connectivity index (χ0) is 23.5. The normalized spacial score (nSPS) is 21.0. The first-order chi connectivity index (χ1) is 15.8. The molecular formula is C25H29ClFN3O3. The van der Waals surface area contributed by atoms with Crippen LogP contribution in [0.4, 0.5) is 10.1 Å². The van der Waals surface area contributed by atoms with Gasteiger partial charge in [0, 0.05) is 42.7 Å². The van der Waals surface area contributed by atoms with Gasteiger partial charge >= 0.3 is 0 Å². The first-order valence-electron chi connectivity index (χ1n) is 11.3. The van der Waals surface area contributed by atoms with Crippen LogP contribution in [0.3, 0.4) is 0 Å². The number of benzene rings is 2. The fourth-order valence-corrected chi connectivity index (χ4v) is 4.29. The number of nitrogens with zero attached hydrogens (tertiary/aromatic N) is 2. The minimum Gasteiger partial charge on any atom is -0.482 e. The molecule has 2 amide bonds. The summed E-state index contributed by atoms with van der Waals surface area (Å²) in [7, 11) is 0. The summed E-state index contributed by atoms with van der Waals surface area (Å²) in [5, 5.41) is 3.35. The Balaban J connectivity index is 1.34. The molecule has 8 heteroatoms. The minimum atomic E-state index is -0.244. The molecule has 1 saturated carbocycles. The smallest absolute Gasteiger partial charge is 0.260 e. The zero-order valence-electron chi connectivity index (χ0n) is 18.9. The van der Waals surface area contributed by atoms with Crippen molar-refractivity contribution in [3.63, 3.8) is 0 Å². The van der Waals surface area contributed by atoms with Crippen LogP contribution in [-0.4, -0.2) is 53.4 Å². The van der Waals surface area contributed by atoms with Crippen LogP contribution in [0.1, 0.15) is 32.3 Å². The van der Waals surface area contributed by atoms with E-state index in [1.165, 1.54) is 12.1 Å². The number of carbonyl (C=O) groups excluding carboxylic acids is 2. The fourth-order valence-electron chi connectivity index (χ4n) is 4.12. The maximum atomic E-state index is 13.2. The van der Waals surface area contributed by atoms with Crippen molar-refractivity contribution in [2.75, 3.05) is 25.0 Å². The average Bonchev–Trinajstić information content (AvgIpc) is 3.62. The van der Waals surface area contributed by atoms with Crippen molar-refractivity contribution in [2.24, 2.45) is 5.92 Å². The van der Waals surface area contributed by atoms with Gasteiger partial charge in [-0.1, -0.05) is 23.7 Å².